The number of benzene rings is 3. The standard InChI is InChI=1S/C21H15N3O4/c1-13-5-7-18-20(9-13)28-21(23-18)14-3-2-4-16(10-14)22-12-15-11-17(24(26)27)6-8-19(15)25/h2-12,25H,1H3. The first-order chi connectivity index (χ1) is 13.5. The average molecular weight is 373 g/mol. The van der Waals surface area contributed by atoms with E-state index in [9.17, 15) is 15.2 Å². The number of aromatic hydroxyl groups is 1. The van der Waals surface area contributed by atoms with Gasteiger partial charge < -0.3 is 9.52 Å². The van der Waals surface area contributed by atoms with E-state index >= 15 is 0 Å². The molecule has 0 unspecified atom stereocenters. The first-order valence-corrected chi connectivity index (χ1v) is 8.49. The number of oxazole rings is 1. The summed E-state index contributed by atoms with van der Waals surface area (Å²) in [5.74, 6) is 0.399. The third-order valence-electron chi connectivity index (χ3n) is 4.21. The smallest absolute Gasteiger partial charge is 0.270 e. The number of nitro benzene ring substituents is 1. The molecule has 0 saturated carbocycles. The van der Waals surface area contributed by atoms with E-state index in [-0.39, 0.29) is 17.0 Å². The molecular formula is C21H15N3O4. The second kappa shape index (κ2) is 6.96. The maximum absolute atomic E-state index is 10.9. The summed E-state index contributed by atoms with van der Waals surface area (Å²) < 4.78 is 5.84. The van der Waals surface area contributed by atoms with Gasteiger partial charge in [-0.3, -0.25) is 15.1 Å². The zero-order valence-electron chi connectivity index (χ0n) is 14.9. The predicted molar refractivity (Wildman–Crippen MR) is 106 cm³/mol. The first-order valence-electron chi connectivity index (χ1n) is 8.49. The minimum atomic E-state index is -0.521. The monoisotopic (exact) mass is 373 g/mol. The van der Waals surface area contributed by atoms with Crippen LogP contribution in [0.4, 0.5) is 11.4 Å². The molecule has 1 heterocycles. The van der Waals surface area contributed by atoms with Gasteiger partial charge in [-0.15, -0.1) is 0 Å². The summed E-state index contributed by atoms with van der Waals surface area (Å²) >= 11 is 0. The van der Waals surface area contributed by atoms with Gasteiger partial charge >= 0.3 is 0 Å². The largest absolute Gasteiger partial charge is 0.507 e. The highest BCUT2D eigenvalue weighted by molar-refractivity contribution is 5.86. The Kier molecular flexibility index (Phi) is 4.33. The summed E-state index contributed by atoms with van der Waals surface area (Å²) in [7, 11) is 0. The molecule has 0 aliphatic rings. The Balaban J connectivity index is 1.66. The van der Waals surface area contributed by atoms with Crippen molar-refractivity contribution in [3.8, 4) is 17.2 Å². The van der Waals surface area contributed by atoms with Crippen molar-refractivity contribution in [3.63, 3.8) is 0 Å². The Morgan fingerprint density at radius 2 is 2.00 bits per heavy atom. The third kappa shape index (κ3) is 3.45. The molecule has 0 aliphatic carbocycles. The van der Waals surface area contributed by atoms with Crippen molar-refractivity contribution in [2.24, 2.45) is 4.99 Å². The van der Waals surface area contributed by atoms with Crippen LogP contribution in [0.1, 0.15) is 11.1 Å². The van der Waals surface area contributed by atoms with Gasteiger partial charge in [0.15, 0.2) is 5.58 Å². The fourth-order valence-electron chi connectivity index (χ4n) is 2.78. The van der Waals surface area contributed by atoms with E-state index in [2.05, 4.69) is 9.98 Å². The molecule has 3 aromatic carbocycles. The summed E-state index contributed by atoms with van der Waals surface area (Å²) in [6, 6.07) is 16.8. The number of aliphatic imine (C=N–C) groups is 1. The van der Waals surface area contributed by atoms with E-state index in [0.29, 0.717) is 17.2 Å². The number of fused-ring (bicyclic) bond motifs is 1. The maximum Gasteiger partial charge on any atom is 0.270 e. The van der Waals surface area contributed by atoms with Gasteiger partial charge in [0.1, 0.15) is 11.3 Å². The predicted octanol–water partition coefficient (Wildman–Crippen LogP) is 5.17. The van der Waals surface area contributed by atoms with Crippen LogP contribution in [0.3, 0.4) is 0 Å². The van der Waals surface area contributed by atoms with Gasteiger partial charge in [0, 0.05) is 29.5 Å². The minimum absolute atomic E-state index is 0.0835. The molecule has 28 heavy (non-hydrogen) atoms. The summed E-state index contributed by atoms with van der Waals surface area (Å²) in [6.45, 7) is 1.99. The SMILES string of the molecule is Cc1ccc2nc(-c3cccc(N=Cc4cc([N+](=O)[O-])ccc4O)c3)oc2c1. The molecule has 0 radical (unpaired) electrons. The number of hydrogen-bond acceptors (Lipinski definition) is 6. The molecule has 138 valence electrons. The van der Waals surface area contributed by atoms with Crippen LogP contribution in [0, 0.1) is 17.0 Å². The Labute approximate surface area is 159 Å². The van der Waals surface area contributed by atoms with Crippen molar-refractivity contribution < 1.29 is 14.4 Å². The number of aromatic nitrogens is 1. The zero-order valence-corrected chi connectivity index (χ0v) is 14.9. The minimum Gasteiger partial charge on any atom is -0.507 e. The fourth-order valence-corrected chi connectivity index (χ4v) is 2.78. The highest BCUT2D eigenvalue weighted by atomic mass is 16.6. The highest BCUT2D eigenvalue weighted by Gasteiger charge is 2.10. The number of non-ortho nitro benzene ring substituents is 1. The lowest BCUT2D eigenvalue weighted by atomic mass is 10.2. The van der Waals surface area contributed by atoms with Crippen molar-refractivity contribution in [2.45, 2.75) is 6.92 Å². The summed E-state index contributed by atoms with van der Waals surface area (Å²) in [5, 5.41) is 20.8. The van der Waals surface area contributed by atoms with E-state index in [4.69, 9.17) is 4.42 Å². The van der Waals surface area contributed by atoms with Crippen LogP contribution in [0.25, 0.3) is 22.6 Å². The molecule has 0 atom stereocenters. The Morgan fingerprint density at radius 3 is 2.82 bits per heavy atom. The number of nitro groups is 1. The van der Waals surface area contributed by atoms with Gasteiger partial charge in [-0.1, -0.05) is 12.1 Å². The second-order valence-corrected chi connectivity index (χ2v) is 6.30. The lowest BCUT2D eigenvalue weighted by Gasteiger charge is -2.00. The Hall–Kier alpha value is -4.00. The van der Waals surface area contributed by atoms with Gasteiger partial charge in [0.2, 0.25) is 5.89 Å². The van der Waals surface area contributed by atoms with Crippen LogP contribution < -0.4 is 0 Å². The molecule has 0 saturated heterocycles. The van der Waals surface area contributed by atoms with Gasteiger partial charge in [-0.05, 0) is 48.9 Å². The number of rotatable bonds is 4. The highest BCUT2D eigenvalue weighted by Crippen LogP contribution is 2.28. The van der Waals surface area contributed by atoms with Crippen LogP contribution in [-0.2, 0) is 0 Å². The topological polar surface area (TPSA) is 102 Å². The molecule has 7 heteroatoms. The molecule has 0 spiro atoms. The van der Waals surface area contributed by atoms with Crippen molar-refractivity contribution in [2.75, 3.05) is 0 Å². The van der Waals surface area contributed by atoms with Crippen LogP contribution in [-0.4, -0.2) is 21.2 Å². The van der Waals surface area contributed by atoms with Crippen molar-refractivity contribution in [1.82, 2.24) is 4.98 Å². The molecular weight excluding hydrogens is 358 g/mol. The van der Waals surface area contributed by atoms with Gasteiger partial charge in [0.05, 0.1) is 10.6 Å². The van der Waals surface area contributed by atoms with E-state index < -0.39 is 4.92 Å². The van der Waals surface area contributed by atoms with E-state index in [1.807, 2.05) is 37.3 Å². The molecule has 0 bridgehead atoms. The third-order valence-corrected chi connectivity index (χ3v) is 4.21. The molecule has 0 fully saturated rings. The fraction of sp³-hybridized carbons (Fsp3) is 0.0476. The van der Waals surface area contributed by atoms with E-state index in [1.54, 1.807) is 12.1 Å². The van der Waals surface area contributed by atoms with Crippen molar-refractivity contribution >= 4 is 28.7 Å². The van der Waals surface area contributed by atoms with E-state index in [0.717, 1.165) is 16.6 Å². The summed E-state index contributed by atoms with van der Waals surface area (Å²) in [4.78, 5) is 19.2. The summed E-state index contributed by atoms with van der Waals surface area (Å²) in [6.07, 6.45) is 1.39. The average Bonchev–Trinajstić information content (AvgIpc) is 3.10. The molecule has 0 aliphatic heterocycles. The van der Waals surface area contributed by atoms with Gasteiger partial charge in [-0.25, -0.2) is 4.98 Å². The number of aryl methyl sites for hydroxylation is 1. The molecule has 4 rings (SSSR count). The normalized spacial score (nSPS) is 11.3. The molecule has 1 aromatic heterocycles. The Morgan fingerprint density at radius 1 is 1.14 bits per heavy atom. The molecule has 1 N–H and O–H groups in total. The first kappa shape index (κ1) is 17.4. The van der Waals surface area contributed by atoms with E-state index in [1.165, 1.54) is 24.4 Å². The van der Waals surface area contributed by atoms with Crippen LogP contribution in [0.5, 0.6) is 5.75 Å². The van der Waals surface area contributed by atoms with Gasteiger partial charge in [0.25, 0.3) is 5.69 Å². The lowest BCUT2D eigenvalue weighted by Crippen LogP contribution is -1.90. The molecule has 0 amide bonds. The molecule has 4 aromatic rings. The number of phenols is 1. The van der Waals surface area contributed by atoms with Gasteiger partial charge in [-0.2, -0.15) is 0 Å². The maximum atomic E-state index is 10.9. The molecule has 7 nitrogen and oxygen atoms in total. The quantitative estimate of drug-likeness (QED) is 0.302. The van der Waals surface area contributed by atoms with Crippen molar-refractivity contribution in [3.05, 3.63) is 81.9 Å². The number of nitrogens with zero attached hydrogens (tertiary/aromatic N) is 3. The van der Waals surface area contributed by atoms with Crippen LogP contribution >= 0.6 is 0 Å². The number of phenolic OH excluding ortho intramolecular Hbond substituents is 1. The summed E-state index contributed by atoms with van der Waals surface area (Å²) in [5.41, 5.74) is 4.08. The number of hydrogen-bond donors (Lipinski definition) is 1. The Bertz CT molecular complexity index is 1230. The zero-order chi connectivity index (χ0) is 19.7. The van der Waals surface area contributed by atoms with Crippen LogP contribution in [0.2, 0.25) is 0 Å². The van der Waals surface area contributed by atoms with Crippen molar-refractivity contribution in [1.29, 1.82) is 0 Å². The van der Waals surface area contributed by atoms with Crippen LogP contribution in [0.15, 0.2) is 70.1 Å². The lowest BCUT2D eigenvalue weighted by molar-refractivity contribution is -0.384. The second-order valence-electron chi connectivity index (χ2n) is 6.30.